The maximum Gasteiger partial charge on any atom is 0.131 e. The third-order valence-corrected chi connectivity index (χ3v) is 6.09. The SMILES string of the molecule is CCC(C)CCP1Oc2ccccc2-c2ccccc21. The molecule has 2 heteroatoms. The van der Waals surface area contributed by atoms with Crippen molar-refractivity contribution in [1.82, 2.24) is 0 Å². The van der Waals surface area contributed by atoms with Crippen molar-refractivity contribution < 1.29 is 4.52 Å². The fourth-order valence-corrected chi connectivity index (χ4v) is 4.78. The Labute approximate surface area is 122 Å². The summed E-state index contributed by atoms with van der Waals surface area (Å²) in [4.78, 5) is 0. The number of fused-ring (bicyclic) bond motifs is 3. The Kier molecular flexibility index (Phi) is 4.08. The Balaban J connectivity index is 1.92. The first kappa shape index (κ1) is 13.6. The average molecular weight is 284 g/mol. The van der Waals surface area contributed by atoms with E-state index in [9.17, 15) is 0 Å². The zero-order valence-corrected chi connectivity index (χ0v) is 13.1. The lowest BCUT2D eigenvalue weighted by Crippen LogP contribution is -2.16. The molecule has 0 spiro atoms. The second kappa shape index (κ2) is 5.97. The molecule has 3 rings (SSSR count). The summed E-state index contributed by atoms with van der Waals surface area (Å²) < 4.78 is 6.32. The summed E-state index contributed by atoms with van der Waals surface area (Å²) >= 11 is 0. The van der Waals surface area contributed by atoms with Gasteiger partial charge in [0.15, 0.2) is 0 Å². The molecular weight excluding hydrogens is 263 g/mol. The minimum Gasteiger partial charge on any atom is -0.469 e. The van der Waals surface area contributed by atoms with Crippen LogP contribution in [-0.2, 0) is 0 Å². The summed E-state index contributed by atoms with van der Waals surface area (Å²) in [7, 11) is -0.512. The molecule has 1 aliphatic heterocycles. The molecule has 0 fully saturated rings. The maximum atomic E-state index is 6.32. The van der Waals surface area contributed by atoms with E-state index in [0.29, 0.717) is 0 Å². The summed E-state index contributed by atoms with van der Waals surface area (Å²) in [6.07, 6.45) is 3.66. The van der Waals surface area contributed by atoms with Crippen molar-refractivity contribution in [1.29, 1.82) is 0 Å². The molecule has 0 N–H and O–H groups in total. The van der Waals surface area contributed by atoms with Crippen LogP contribution in [0.4, 0.5) is 0 Å². The first-order chi connectivity index (χ1) is 9.79. The molecule has 20 heavy (non-hydrogen) atoms. The van der Waals surface area contributed by atoms with Gasteiger partial charge < -0.3 is 4.52 Å². The Morgan fingerprint density at radius 1 is 1.00 bits per heavy atom. The Hall–Kier alpha value is -1.33. The van der Waals surface area contributed by atoms with Crippen LogP contribution in [0.25, 0.3) is 11.1 Å². The van der Waals surface area contributed by atoms with Crippen LogP contribution in [0.1, 0.15) is 26.7 Å². The van der Waals surface area contributed by atoms with E-state index >= 15 is 0 Å². The Bertz CT molecular complexity index is 593. The summed E-state index contributed by atoms with van der Waals surface area (Å²) in [5, 5.41) is 1.41. The fraction of sp³-hybridized carbons (Fsp3) is 0.333. The number of para-hydroxylation sites is 1. The van der Waals surface area contributed by atoms with E-state index in [0.717, 1.165) is 17.8 Å². The molecule has 1 aliphatic rings. The van der Waals surface area contributed by atoms with Crippen molar-refractivity contribution in [2.75, 3.05) is 6.16 Å². The largest absolute Gasteiger partial charge is 0.469 e. The van der Waals surface area contributed by atoms with Crippen LogP contribution in [0.3, 0.4) is 0 Å². The molecule has 0 aliphatic carbocycles. The van der Waals surface area contributed by atoms with Gasteiger partial charge in [-0.3, -0.25) is 0 Å². The van der Waals surface area contributed by atoms with Crippen molar-refractivity contribution in [2.45, 2.75) is 26.7 Å². The monoisotopic (exact) mass is 284 g/mol. The van der Waals surface area contributed by atoms with E-state index in [2.05, 4.69) is 62.4 Å². The third kappa shape index (κ3) is 2.60. The zero-order valence-electron chi connectivity index (χ0n) is 12.2. The van der Waals surface area contributed by atoms with Crippen LogP contribution < -0.4 is 9.83 Å². The Morgan fingerprint density at radius 3 is 2.50 bits per heavy atom. The van der Waals surface area contributed by atoms with Gasteiger partial charge in [0.05, 0.1) is 0 Å². The minimum absolute atomic E-state index is 0.512. The number of hydrogen-bond donors (Lipinski definition) is 0. The molecule has 0 saturated carbocycles. The second-order valence-corrected chi connectivity index (χ2v) is 7.38. The van der Waals surface area contributed by atoms with Crippen LogP contribution in [0.2, 0.25) is 0 Å². The summed E-state index contributed by atoms with van der Waals surface area (Å²) in [6.45, 7) is 4.60. The first-order valence-corrected chi connectivity index (χ1v) is 8.88. The lowest BCUT2D eigenvalue weighted by molar-refractivity contribution is 0.536. The number of benzene rings is 2. The van der Waals surface area contributed by atoms with Crippen molar-refractivity contribution >= 4 is 13.5 Å². The van der Waals surface area contributed by atoms with Gasteiger partial charge in [0.2, 0.25) is 0 Å². The van der Waals surface area contributed by atoms with Gasteiger partial charge in [-0.05, 0) is 24.0 Å². The molecule has 1 heterocycles. The second-order valence-electron chi connectivity index (χ2n) is 5.51. The quantitative estimate of drug-likeness (QED) is 0.701. The molecule has 2 aromatic carbocycles. The highest BCUT2D eigenvalue weighted by Crippen LogP contribution is 2.49. The molecule has 1 nitrogen and oxygen atoms in total. The highest BCUT2D eigenvalue weighted by atomic mass is 31.1. The maximum absolute atomic E-state index is 6.32. The molecule has 0 saturated heterocycles. The van der Waals surface area contributed by atoms with Crippen LogP contribution in [0.15, 0.2) is 48.5 Å². The molecule has 2 unspecified atom stereocenters. The smallest absolute Gasteiger partial charge is 0.131 e. The van der Waals surface area contributed by atoms with Gasteiger partial charge in [0.25, 0.3) is 0 Å². The molecule has 0 amide bonds. The van der Waals surface area contributed by atoms with Gasteiger partial charge in [-0.1, -0.05) is 62.7 Å². The number of rotatable bonds is 4. The predicted molar refractivity (Wildman–Crippen MR) is 88.0 cm³/mol. The summed E-state index contributed by atoms with van der Waals surface area (Å²) in [5.41, 5.74) is 2.61. The first-order valence-electron chi connectivity index (χ1n) is 7.43. The molecular formula is C18H21OP. The van der Waals surface area contributed by atoms with Gasteiger partial charge in [0.1, 0.15) is 13.9 Å². The van der Waals surface area contributed by atoms with Crippen molar-refractivity contribution in [3.63, 3.8) is 0 Å². The Morgan fingerprint density at radius 2 is 1.70 bits per heavy atom. The lowest BCUT2D eigenvalue weighted by Gasteiger charge is -2.28. The topological polar surface area (TPSA) is 9.23 Å². The van der Waals surface area contributed by atoms with Gasteiger partial charge in [0, 0.05) is 17.0 Å². The summed E-state index contributed by atoms with van der Waals surface area (Å²) in [6, 6.07) is 17.2. The molecule has 104 valence electrons. The van der Waals surface area contributed by atoms with Crippen molar-refractivity contribution in [3.8, 4) is 16.9 Å². The van der Waals surface area contributed by atoms with Gasteiger partial charge >= 0.3 is 0 Å². The molecule has 0 bridgehead atoms. The van der Waals surface area contributed by atoms with Crippen LogP contribution >= 0.6 is 8.15 Å². The van der Waals surface area contributed by atoms with Crippen LogP contribution in [0, 0.1) is 5.92 Å². The van der Waals surface area contributed by atoms with Gasteiger partial charge in [-0.25, -0.2) is 0 Å². The third-order valence-electron chi connectivity index (χ3n) is 4.08. The van der Waals surface area contributed by atoms with Gasteiger partial charge in [-0.15, -0.1) is 0 Å². The van der Waals surface area contributed by atoms with Crippen LogP contribution in [-0.4, -0.2) is 6.16 Å². The van der Waals surface area contributed by atoms with E-state index in [-0.39, 0.29) is 0 Å². The number of hydrogen-bond acceptors (Lipinski definition) is 1. The fourth-order valence-electron chi connectivity index (χ4n) is 2.56. The van der Waals surface area contributed by atoms with E-state index in [1.807, 2.05) is 0 Å². The molecule has 0 aromatic heterocycles. The summed E-state index contributed by atoms with van der Waals surface area (Å²) in [5.74, 6) is 1.84. The van der Waals surface area contributed by atoms with Crippen LogP contribution in [0.5, 0.6) is 5.75 Å². The van der Waals surface area contributed by atoms with Gasteiger partial charge in [-0.2, -0.15) is 0 Å². The van der Waals surface area contributed by atoms with E-state index in [1.165, 1.54) is 29.3 Å². The average Bonchev–Trinajstić information content (AvgIpc) is 2.52. The lowest BCUT2D eigenvalue weighted by atomic mass is 10.0. The normalized spacial score (nSPS) is 17.8. The zero-order chi connectivity index (χ0) is 13.9. The minimum atomic E-state index is -0.512. The van der Waals surface area contributed by atoms with Crippen molar-refractivity contribution in [2.24, 2.45) is 5.92 Å². The highest BCUT2D eigenvalue weighted by molar-refractivity contribution is 7.61. The predicted octanol–water partition coefficient (Wildman–Crippen LogP) is 5.20. The molecule has 2 atom stereocenters. The molecule has 2 aromatic rings. The van der Waals surface area contributed by atoms with Crippen molar-refractivity contribution in [3.05, 3.63) is 48.5 Å². The van der Waals surface area contributed by atoms with E-state index < -0.39 is 8.15 Å². The molecule has 0 radical (unpaired) electrons. The highest BCUT2D eigenvalue weighted by Gasteiger charge is 2.25. The van der Waals surface area contributed by atoms with E-state index in [1.54, 1.807) is 0 Å². The van der Waals surface area contributed by atoms with E-state index in [4.69, 9.17) is 4.52 Å². The standard InChI is InChI=1S/C18H21OP/c1-3-14(2)12-13-20-18-11-7-5-9-16(18)15-8-4-6-10-17(15)19-20/h4-11,14H,3,12-13H2,1-2H3.